The third-order valence-corrected chi connectivity index (χ3v) is 6.89. The van der Waals surface area contributed by atoms with Crippen LogP contribution in [0.4, 0.5) is 11.4 Å². The number of benzene rings is 2. The third kappa shape index (κ3) is 5.39. The SMILES string of the molecule is CCOC(=O)c1c(N)c(-c2c(N)c(C(=O)OCC)c(C)n2-c2ccc(OCC)cc2)n(-c2ccc(OCC)cc2)c1C. The summed E-state index contributed by atoms with van der Waals surface area (Å²) < 4.78 is 25.7. The van der Waals surface area contributed by atoms with Crippen molar-refractivity contribution >= 4 is 23.3 Å². The second-order valence-corrected chi connectivity index (χ2v) is 9.41. The van der Waals surface area contributed by atoms with E-state index < -0.39 is 11.9 Å². The van der Waals surface area contributed by atoms with Crippen LogP contribution in [0.5, 0.6) is 11.5 Å². The van der Waals surface area contributed by atoms with Gasteiger partial charge in [0.1, 0.15) is 22.6 Å². The number of ether oxygens (including phenoxy) is 4. The van der Waals surface area contributed by atoms with E-state index >= 15 is 0 Å². The quantitative estimate of drug-likeness (QED) is 0.213. The van der Waals surface area contributed by atoms with E-state index in [-0.39, 0.29) is 35.7 Å². The Morgan fingerprint density at radius 2 is 0.929 bits per heavy atom. The van der Waals surface area contributed by atoms with Gasteiger partial charge in [0.05, 0.1) is 49.2 Å². The van der Waals surface area contributed by atoms with E-state index in [1.807, 2.05) is 71.5 Å². The van der Waals surface area contributed by atoms with Gasteiger partial charge in [-0.05, 0) is 90.1 Å². The summed E-state index contributed by atoms with van der Waals surface area (Å²) in [7, 11) is 0. The number of anilines is 2. The van der Waals surface area contributed by atoms with Crippen molar-refractivity contribution in [3.63, 3.8) is 0 Å². The maximum Gasteiger partial charge on any atom is 0.342 e. The lowest BCUT2D eigenvalue weighted by Crippen LogP contribution is -2.08. The van der Waals surface area contributed by atoms with E-state index in [2.05, 4.69) is 0 Å². The number of hydrogen-bond donors (Lipinski definition) is 2. The summed E-state index contributed by atoms with van der Waals surface area (Å²) in [5.74, 6) is 0.282. The Bertz CT molecular complexity index is 1460. The fourth-order valence-electron chi connectivity index (χ4n) is 5.18. The van der Waals surface area contributed by atoms with Crippen molar-refractivity contribution in [2.24, 2.45) is 0 Å². The lowest BCUT2D eigenvalue weighted by Gasteiger charge is -2.17. The largest absolute Gasteiger partial charge is 0.494 e. The molecule has 4 rings (SSSR count). The van der Waals surface area contributed by atoms with Gasteiger partial charge in [-0.2, -0.15) is 0 Å². The summed E-state index contributed by atoms with van der Waals surface area (Å²) in [6.45, 7) is 12.3. The molecule has 0 amide bonds. The molecule has 10 heteroatoms. The van der Waals surface area contributed by atoms with E-state index in [0.717, 1.165) is 0 Å². The number of hydrogen-bond acceptors (Lipinski definition) is 8. The normalized spacial score (nSPS) is 10.9. The molecule has 2 heterocycles. The molecule has 0 aliphatic rings. The van der Waals surface area contributed by atoms with Gasteiger partial charge < -0.3 is 39.5 Å². The molecule has 2 aromatic carbocycles. The van der Waals surface area contributed by atoms with Gasteiger partial charge in [0.25, 0.3) is 0 Å². The molecule has 4 N–H and O–H groups in total. The summed E-state index contributed by atoms with van der Waals surface area (Å²) in [4.78, 5) is 26.4. The van der Waals surface area contributed by atoms with E-state index in [1.165, 1.54) is 0 Å². The summed E-state index contributed by atoms with van der Waals surface area (Å²) in [5.41, 5.74) is 17.8. The first-order chi connectivity index (χ1) is 20.2. The van der Waals surface area contributed by atoms with E-state index in [9.17, 15) is 9.59 Å². The van der Waals surface area contributed by atoms with Crippen LogP contribution in [-0.2, 0) is 9.47 Å². The van der Waals surface area contributed by atoms with Crippen LogP contribution < -0.4 is 20.9 Å². The van der Waals surface area contributed by atoms with E-state index in [1.54, 1.807) is 27.7 Å². The summed E-state index contributed by atoms with van der Waals surface area (Å²) >= 11 is 0. The van der Waals surface area contributed by atoms with Crippen LogP contribution >= 0.6 is 0 Å². The lowest BCUT2D eigenvalue weighted by atomic mass is 10.1. The number of nitrogens with two attached hydrogens (primary N) is 2. The Hall–Kier alpha value is -4.86. The highest BCUT2D eigenvalue weighted by Gasteiger charge is 2.33. The zero-order valence-electron chi connectivity index (χ0n) is 24.9. The molecule has 10 nitrogen and oxygen atoms in total. The van der Waals surface area contributed by atoms with Crippen LogP contribution in [0.2, 0.25) is 0 Å². The minimum absolute atomic E-state index is 0.173. The predicted octanol–water partition coefficient (Wildman–Crippen LogP) is 5.87. The molecular formula is C32H38N4O6. The van der Waals surface area contributed by atoms with Gasteiger partial charge in [-0.1, -0.05) is 0 Å². The zero-order chi connectivity index (χ0) is 30.6. The van der Waals surface area contributed by atoms with Gasteiger partial charge in [0.2, 0.25) is 0 Å². The number of rotatable bonds is 11. The molecule has 222 valence electrons. The number of nitrogens with zero attached hydrogens (tertiary/aromatic N) is 2. The first-order valence-electron chi connectivity index (χ1n) is 14.0. The molecule has 0 radical (unpaired) electrons. The van der Waals surface area contributed by atoms with Crippen molar-refractivity contribution in [3.8, 4) is 34.3 Å². The zero-order valence-corrected chi connectivity index (χ0v) is 24.9. The molecule has 4 aromatic rings. The average Bonchev–Trinajstić information content (AvgIpc) is 3.37. The lowest BCUT2D eigenvalue weighted by molar-refractivity contribution is 0.0517. The van der Waals surface area contributed by atoms with Crippen molar-refractivity contribution < 1.29 is 28.5 Å². The molecule has 0 aliphatic heterocycles. The summed E-state index contributed by atoms with van der Waals surface area (Å²) in [6, 6.07) is 14.8. The number of aromatic nitrogens is 2. The summed E-state index contributed by atoms with van der Waals surface area (Å²) in [6.07, 6.45) is 0. The number of carbonyl (C=O) groups excluding carboxylic acids is 2. The average molecular weight is 575 g/mol. The molecule has 0 aliphatic carbocycles. The smallest absolute Gasteiger partial charge is 0.342 e. The molecule has 0 spiro atoms. The second kappa shape index (κ2) is 12.8. The van der Waals surface area contributed by atoms with Gasteiger partial charge in [0.15, 0.2) is 0 Å². The molecule has 0 saturated heterocycles. The molecule has 2 aromatic heterocycles. The van der Waals surface area contributed by atoms with Crippen LogP contribution in [0.3, 0.4) is 0 Å². The fourth-order valence-corrected chi connectivity index (χ4v) is 5.18. The van der Waals surface area contributed by atoms with E-state index in [4.69, 9.17) is 30.4 Å². The van der Waals surface area contributed by atoms with Gasteiger partial charge in [0, 0.05) is 22.8 Å². The van der Waals surface area contributed by atoms with Crippen molar-refractivity contribution in [1.29, 1.82) is 0 Å². The van der Waals surface area contributed by atoms with Gasteiger partial charge in [-0.3, -0.25) is 0 Å². The van der Waals surface area contributed by atoms with E-state index in [0.29, 0.717) is 58.9 Å². The van der Waals surface area contributed by atoms with Gasteiger partial charge in [-0.15, -0.1) is 0 Å². The van der Waals surface area contributed by atoms with Crippen molar-refractivity contribution in [1.82, 2.24) is 9.13 Å². The van der Waals surface area contributed by atoms with Crippen molar-refractivity contribution in [2.75, 3.05) is 37.9 Å². The topological polar surface area (TPSA) is 133 Å². The first kappa shape index (κ1) is 30.1. The third-order valence-electron chi connectivity index (χ3n) is 6.89. The maximum absolute atomic E-state index is 13.2. The highest BCUT2D eigenvalue weighted by Crippen LogP contribution is 2.44. The summed E-state index contributed by atoms with van der Waals surface area (Å²) in [5, 5.41) is 0. The van der Waals surface area contributed by atoms with Crippen LogP contribution in [0.1, 0.15) is 59.8 Å². The highest BCUT2D eigenvalue weighted by molar-refractivity contribution is 6.06. The van der Waals surface area contributed by atoms with Crippen LogP contribution in [-0.4, -0.2) is 47.5 Å². The molecule has 0 saturated carbocycles. The Labute approximate surface area is 245 Å². The van der Waals surface area contributed by atoms with Crippen LogP contribution in [0.15, 0.2) is 48.5 Å². The standard InChI is InChI=1S/C32H38N4O6/c1-7-39-23-15-11-21(12-16-23)35-19(5)25(31(37)41-9-3)27(33)29(35)30-28(34)26(32(38)42-10-4)20(6)36(30)22-13-17-24(18-14-22)40-8-2/h11-18H,7-10,33-34H2,1-6H3. The Balaban J connectivity index is 2.10. The molecule has 0 unspecified atom stereocenters. The van der Waals surface area contributed by atoms with Crippen molar-refractivity contribution in [2.45, 2.75) is 41.5 Å². The highest BCUT2D eigenvalue weighted by atomic mass is 16.5. The van der Waals surface area contributed by atoms with Crippen LogP contribution in [0, 0.1) is 13.8 Å². The minimum atomic E-state index is -0.557. The monoisotopic (exact) mass is 574 g/mol. The fraction of sp³-hybridized carbons (Fsp3) is 0.312. The molecule has 0 bridgehead atoms. The number of carbonyl (C=O) groups is 2. The Morgan fingerprint density at radius 3 is 1.21 bits per heavy atom. The van der Waals surface area contributed by atoms with Gasteiger partial charge in [-0.25, -0.2) is 9.59 Å². The Morgan fingerprint density at radius 1 is 0.595 bits per heavy atom. The van der Waals surface area contributed by atoms with Crippen LogP contribution in [0.25, 0.3) is 22.8 Å². The number of nitrogen functional groups attached to an aromatic ring is 2. The second-order valence-electron chi connectivity index (χ2n) is 9.41. The predicted molar refractivity (Wildman–Crippen MR) is 163 cm³/mol. The number of esters is 2. The molecule has 0 atom stereocenters. The maximum atomic E-state index is 13.2. The van der Waals surface area contributed by atoms with Gasteiger partial charge >= 0.3 is 11.9 Å². The molecular weight excluding hydrogens is 536 g/mol. The van der Waals surface area contributed by atoms with Crippen molar-refractivity contribution in [3.05, 3.63) is 71.0 Å². The minimum Gasteiger partial charge on any atom is -0.494 e. The Kier molecular flexibility index (Phi) is 9.15. The first-order valence-corrected chi connectivity index (χ1v) is 14.0. The molecule has 42 heavy (non-hydrogen) atoms. The molecule has 0 fully saturated rings.